The van der Waals surface area contributed by atoms with E-state index in [0.717, 1.165) is 31.9 Å². The molecule has 3 aliphatic rings. The van der Waals surface area contributed by atoms with Crippen molar-refractivity contribution in [3.05, 3.63) is 24.3 Å². The Balaban J connectivity index is 1.69. The third kappa shape index (κ3) is 5.64. The number of hydrogen-bond acceptors (Lipinski definition) is 6. The first-order valence-corrected chi connectivity index (χ1v) is 12.7. The molecule has 0 aromatic heterocycles. The Morgan fingerprint density at radius 1 is 1.14 bits per heavy atom. The van der Waals surface area contributed by atoms with Gasteiger partial charge in [-0.2, -0.15) is 0 Å². The van der Waals surface area contributed by atoms with Gasteiger partial charge in [0.25, 0.3) is 0 Å². The first kappa shape index (κ1) is 22.4. The summed E-state index contributed by atoms with van der Waals surface area (Å²) in [6.07, 6.45) is 1.90. The number of hydrogen-bond donors (Lipinski definition) is 1. The summed E-state index contributed by atoms with van der Waals surface area (Å²) >= 11 is 0. The Labute approximate surface area is 176 Å². The van der Waals surface area contributed by atoms with Crippen LogP contribution in [0.15, 0.2) is 24.3 Å². The molecule has 0 aliphatic carbocycles. The number of benzene rings is 1. The van der Waals surface area contributed by atoms with Crippen LogP contribution in [0.25, 0.3) is 0 Å². The Bertz CT molecular complexity index is 764. The molecule has 0 saturated carbocycles. The molecule has 3 fully saturated rings. The molecule has 0 spiro atoms. The van der Waals surface area contributed by atoms with Gasteiger partial charge in [0.2, 0.25) is 0 Å². The van der Waals surface area contributed by atoms with Crippen LogP contribution in [0.1, 0.15) is 33.6 Å². The maximum atomic E-state index is 12.0. The third-order valence-electron chi connectivity index (χ3n) is 6.33. The van der Waals surface area contributed by atoms with Crippen LogP contribution in [0.5, 0.6) is 5.75 Å². The van der Waals surface area contributed by atoms with E-state index in [1.54, 1.807) is 0 Å². The van der Waals surface area contributed by atoms with Crippen LogP contribution in [0.2, 0.25) is 0 Å². The lowest BCUT2D eigenvalue weighted by atomic mass is 9.73. The van der Waals surface area contributed by atoms with Crippen molar-refractivity contribution in [2.75, 3.05) is 55.7 Å². The van der Waals surface area contributed by atoms with Crippen molar-refractivity contribution in [1.29, 1.82) is 0 Å². The number of fused-ring (bicyclic) bond motifs is 4. The molecule has 3 saturated heterocycles. The smallest absolute Gasteiger partial charge is 0.151 e. The molecular formula is C22H37N3O3S. The molecule has 1 unspecified atom stereocenters. The Hall–Kier alpha value is -1.31. The molecule has 164 valence electrons. The average molecular weight is 424 g/mol. The highest BCUT2D eigenvalue weighted by Crippen LogP contribution is 2.43. The van der Waals surface area contributed by atoms with E-state index in [1.807, 2.05) is 6.92 Å². The molecule has 3 aliphatic heterocycles. The summed E-state index contributed by atoms with van der Waals surface area (Å²) in [7, 11) is -3.01. The van der Waals surface area contributed by atoms with Crippen molar-refractivity contribution in [2.45, 2.75) is 39.7 Å². The molecule has 2 atom stereocenters. The fraction of sp³-hybridized carbons (Fsp3) is 0.727. The number of nitrogens with zero attached hydrogens (tertiary/aromatic N) is 2. The maximum Gasteiger partial charge on any atom is 0.151 e. The summed E-state index contributed by atoms with van der Waals surface area (Å²) in [5, 5.41) is 0. The summed E-state index contributed by atoms with van der Waals surface area (Å²) in [4.78, 5) is 5.05. The third-order valence-corrected chi connectivity index (χ3v) is 8.10. The molecule has 6 nitrogen and oxygen atoms in total. The van der Waals surface area contributed by atoms with E-state index in [1.165, 1.54) is 12.1 Å². The van der Waals surface area contributed by atoms with Gasteiger partial charge in [0, 0.05) is 37.9 Å². The zero-order chi connectivity index (χ0) is 21.1. The number of sulfone groups is 1. The number of nitrogens with two attached hydrogens (primary N) is 1. The number of rotatable bonds is 9. The van der Waals surface area contributed by atoms with Gasteiger partial charge in [-0.3, -0.25) is 0 Å². The Morgan fingerprint density at radius 3 is 2.52 bits per heavy atom. The van der Waals surface area contributed by atoms with Crippen molar-refractivity contribution < 1.29 is 13.2 Å². The summed E-state index contributed by atoms with van der Waals surface area (Å²) < 4.78 is 29.6. The van der Waals surface area contributed by atoms with Gasteiger partial charge >= 0.3 is 0 Å². The second-order valence-corrected chi connectivity index (χ2v) is 11.5. The summed E-state index contributed by atoms with van der Waals surface area (Å²) in [5.74, 6) is 1.84. The molecular weight excluding hydrogens is 386 g/mol. The summed E-state index contributed by atoms with van der Waals surface area (Å²) in [6, 6.07) is 8.88. The zero-order valence-electron chi connectivity index (χ0n) is 18.1. The molecule has 2 N–H and O–H groups in total. The first-order chi connectivity index (χ1) is 13.7. The van der Waals surface area contributed by atoms with Crippen LogP contribution in [0.4, 0.5) is 5.69 Å². The van der Waals surface area contributed by atoms with E-state index in [9.17, 15) is 8.42 Å². The van der Waals surface area contributed by atoms with Gasteiger partial charge in [-0.05, 0) is 61.9 Å². The van der Waals surface area contributed by atoms with Crippen molar-refractivity contribution in [1.82, 2.24) is 4.90 Å². The van der Waals surface area contributed by atoms with E-state index < -0.39 is 9.84 Å². The predicted molar refractivity (Wildman–Crippen MR) is 119 cm³/mol. The molecule has 3 heterocycles. The van der Waals surface area contributed by atoms with Crippen LogP contribution in [-0.4, -0.2) is 70.2 Å². The van der Waals surface area contributed by atoms with Crippen LogP contribution < -0.4 is 15.4 Å². The lowest BCUT2D eigenvalue weighted by Gasteiger charge is -2.48. The van der Waals surface area contributed by atoms with Gasteiger partial charge in [-0.15, -0.1) is 0 Å². The molecule has 2 bridgehead atoms. The number of anilines is 1. The van der Waals surface area contributed by atoms with Gasteiger partial charge in [-0.1, -0.05) is 13.8 Å². The van der Waals surface area contributed by atoms with Crippen LogP contribution in [0.3, 0.4) is 0 Å². The molecule has 0 radical (unpaired) electrons. The minimum absolute atomic E-state index is 0.0940. The van der Waals surface area contributed by atoms with Crippen LogP contribution in [-0.2, 0) is 9.84 Å². The van der Waals surface area contributed by atoms with Gasteiger partial charge in [0.15, 0.2) is 9.84 Å². The number of ether oxygens (including phenoxy) is 1. The van der Waals surface area contributed by atoms with Gasteiger partial charge in [-0.25, -0.2) is 8.42 Å². The maximum absolute atomic E-state index is 12.0. The van der Waals surface area contributed by atoms with Crippen LogP contribution >= 0.6 is 0 Å². The lowest BCUT2D eigenvalue weighted by Crippen LogP contribution is -2.53. The van der Waals surface area contributed by atoms with E-state index >= 15 is 0 Å². The molecule has 7 heteroatoms. The van der Waals surface area contributed by atoms with Crippen molar-refractivity contribution in [2.24, 2.45) is 17.1 Å². The van der Waals surface area contributed by atoms with Gasteiger partial charge in [0.1, 0.15) is 5.75 Å². The lowest BCUT2D eigenvalue weighted by molar-refractivity contribution is 0.190. The topological polar surface area (TPSA) is 75.9 Å². The van der Waals surface area contributed by atoms with Gasteiger partial charge < -0.3 is 20.3 Å². The fourth-order valence-corrected chi connectivity index (χ4v) is 6.21. The highest BCUT2D eigenvalue weighted by Gasteiger charge is 2.45. The molecule has 0 amide bonds. The Morgan fingerprint density at radius 2 is 1.86 bits per heavy atom. The fourth-order valence-electron chi connectivity index (χ4n) is 5.08. The molecule has 1 aromatic carbocycles. The second kappa shape index (κ2) is 9.23. The summed E-state index contributed by atoms with van der Waals surface area (Å²) in [6.45, 7) is 11.6. The zero-order valence-corrected chi connectivity index (χ0v) is 19.0. The standard InChI is InChI=1S/C22H37N3O3S/c1-4-28-20-8-6-19(7-9-20)25-16-18-14-22(2,3)21(25)17-24(15-18)11-5-12-29(26,27)13-10-23/h6-9,18,21H,4-5,10-17,23H2,1-3H3/t18-,21?/m1/s1. The summed E-state index contributed by atoms with van der Waals surface area (Å²) in [5.41, 5.74) is 6.90. The van der Waals surface area contributed by atoms with E-state index in [0.29, 0.717) is 25.0 Å². The predicted octanol–water partition coefficient (Wildman–Crippen LogP) is 2.39. The molecule has 4 rings (SSSR count). The van der Waals surface area contributed by atoms with Crippen molar-refractivity contribution in [3.8, 4) is 5.75 Å². The van der Waals surface area contributed by atoms with Crippen molar-refractivity contribution >= 4 is 15.5 Å². The number of piperidine rings is 1. The quantitative estimate of drug-likeness (QED) is 0.657. The highest BCUT2D eigenvalue weighted by atomic mass is 32.2. The molecule has 29 heavy (non-hydrogen) atoms. The van der Waals surface area contributed by atoms with E-state index in [2.05, 4.69) is 47.9 Å². The normalized spacial score (nSPS) is 24.5. The second-order valence-electron chi connectivity index (χ2n) is 9.21. The van der Waals surface area contributed by atoms with Crippen molar-refractivity contribution in [3.63, 3.8) is 0 Å². The highest BCUT2D eigenvalue weighted by molar-refractivity contribution is 7.91. The van der Waals surface area contributed by atoms with E-state index in [4.69, 9.17) is 10.5 Å². The minimum atomic E-state index is -3.01. The average Bonchev–Trinajstić information content (AvgIpc) is 2.88. The SMILES string of the molecule is CCOc1ccc(N2C[C@H]3CN(CCCS(=O)(=O)CCN)CC2C(C)(C)C3)cc1. The monoisotopic (exact) mass is 423 g/mol. The van der Waals surface area contributed by atoms with E-state index in [-0.39, 0.29) is 23.5 Å². The minimum Gasteiger partial charge on any atom is -0.494 e. The Kier molecular flexibility index (Phi) is 7.12. The van der Waals surface area contributed by atoms with Gasteiger partial charge in [0.05, 0.1) is 18.1 Å². The largest absolute Gasteiger partial charge is 0.494 e. The van der Waals surface area contributed by atoms with Crippen LogP contribution in [0, 0.1) is 11.3 Å². The first-order valence-electron chi connectivity index (χ1n) is 10.9. The molecule has 1 aromatic rings.